The highest BCUT2D eigenvalue weighted by atomic mass is 32.1. The van der Waals surface area contributed by atoms with Crippen LogP contribution in [0.5, 0.6) is 0 Å². The molecule has 2 heterocycles. The lowest BCUT2D eigenvalue weighted by molar-refractivity contribution is 0.129. The smallest absolute Gasteiger partial charge is 0.315 e. The molecule has 0 aromatic carbocycles. The van der Waals surface area contributed by atoms with Crippen LogP contribution in [-0.2, 0) is 0 Å². The number of hydrogen-bond donors (Lipinski definition) is 3. The number of carbonyl (C=O) groups is 1. The Balaban J connectivity index is 1.80. The molecule has 0 saturated carbocycles. The molecule has 0 fully saturated rings. The van der Waals surface area contributed by atoms with Gasteiger partial charge in [0.15, 0.2) is 0 Å². The van der Waals surface area contributed by atoms with Crippen LogP contribution in [0.3, 0.4) is 0 Å². The van der Waals surface area contributed by atoms with Crippen molar-refractivity contribution in [3.8, 4) is 0 Å². The van der Waals surface area contributed by atoms with Crippen molar-refractivity contribution in [2.24, 2.45) is 0 Å². The highest BCUT2D eigenvalue weighted by Gasteiger charge is 2.18. The molecule has 6 heteroatoms. The lowest BCUT2D eigenvalue weighted by Crippen LogP contribution is -2.42. The minimum Gasteiger partial charge on any atom is -0.467 e. The van der Waals surface area contributed by atoms with Crippen LogP contribution in [0.2, 0.25) is 0 Å². The molecule has 3 N–H and O–H groups in total. The molecule has 22 heavy (non-hydrogen) atoms. The second kappa shape index (κ2) is 8.00. The van der Waals surface area contributed by atoms with Gasteiger partial charge in [0, 0.05) is 17.3 Å². The largest absolute Gasteiger partial charge is 0.467 e. The normalized spacial score (nSPS) is 15.0. The van der Waals surface area contributed by atoms with Gasteiger partial charge in [-0.2, -0.15) is 0 Å². The summed E-state index contributed by atoms with van der Waals surface area (Å²) in [7, 11) is 0. The van der Waals surface area contributed by atoms with Gasteiger partial charge in [0.2, 0.25) is 0 Å². The Morgan fingerprint density at radius 2 is 2.18 bits per heavy atom. The van der Waals surface area contributed by atoms with E-state index in [9.17, 15) is 9.90 Å². The molecular weight excluding hydrogens is 300 g/mol. The van der Waals surface area contributed by atoms with Crippen LogP contribution in [0.25, 0.3) is 0 Å². The number of rotatable bonds is 7. The SMILES string of the molecule is CC[C@H](NC(=O)N[C@@H](C)C[C@@H](O)c1ccco1)c1cccs1. The number of carbonyl (C=O) groups excluding carboxylic acids is 1. The molecule has 2 aromatic rings. The van der Waals surface area contributed by atoms with Crippen molar-refractivity contribution < 1.29 is 14.3 Å². The van der Waals surface area contributed by atoms with Gasteiger partial charge in [-0.05, 0) is 36.9 Å². The predicted molar refractivity (Wildman–Crippen MR) is 86.8 cm³/mol. The minimum absolute atomic E-state index is 0.0159. The van der Waals surface area contributed by atoms with Crippen LogP contribution in [0, 0.1) is 0 Å². The van der Waals surface area contributed by atoms with Crippen LogP contribution in [-0.4, -0.2) is 17.2 Å². The molecule has 2 rings (SSSR count). The summed E-state index contributed by atoms with van der Waals surface area (Å²) in [4.78, 5) is 13.2. The Morgan fingerprint density at radius 1 is 1.36 bits per heavy atom. The fraction of sp³-hybridized carbons (Fsp3) is 0.438. The highest BCUT2D eigenvalue weighted by Crippen LogP contribution is 2.22. The molecule has 0 saturated heterocycles. The lowest BCUT2D eigenvalue weighted by atomic mass is 10.1. The van der Waals surface area contributed by atoms with Crippen molar-refractivity contribution in [3.05, 3.63) is 46.5 Å². The number of aliphatic hydroxyl groups is 1. The topological polar surface area (TPSA) is 74.5 Å². The first-order valence-corrected chi connectivity index (χ1v) is 8.30. The summed E-state index contributed by atoms with van der Waals surface area (Å²) >= 11 is 1.63. The van der Waals surface area contributed by atoms with Gasteiger partial charge in [-0.25, -0.2) is 4.79 Å². The first-order chi connectivity index (χ1) is 10.6. The zero-order valence-electron chi connectivity index (χ0n) is 12.8. The second-order valence-electron chi connectivity index (χ2n) is 5.26. The maximum atomic E-state index is 12.1. The van der Waals surface area contributed by atoms with Crippen molar-refractivity contribution in [1.29, 1.82) is 0 Å². The van der Waals surface area contributed by atoms with Crippen LogP contribution < -0.4 is 10.6 Å². The molecule has 0 bridgehead atoms. The van der Waals surface area contributed by atoms with Crippen LogP contribution >= 0.6 is 11.3 Å². The molecule has 0 spiro atoms. The number of nitrogens with one attached hydrogen (secondary N) is 2. The standard InChI is InChI=1S/C16H22N2O3S/c1-3-12(15-7-5-9-22-15)18-16(20)17-11(2)10-13(19)14-6-4-8-21-14/h4-9,11-13,19H,3,10H2,1-2H3,(H2,17,18,20)/t11-,12-,13+/m0/s1. The van der Waals surface area contributed by atoms with E-state index in [2.05, 4.69) is 10.6 Å². The summed E-state index contributed by atoms with van der Waals surface area (Å²) in [6.07, 6.45) is 2.04. The van der Waals surface area contributed by atoms with Crippen molar-refractivity contribution in [1.82, 2.24) is 10.6 Å². The van der Waals surface area contributed by atoms with Crippen molar-refractivity contribution >= 4 is 17.4 Å². The summed E-state index contributed by atoms with van der Waals surface area (Å²) < 4.78 is 5.16. The van der Waals surface area contributed by atoms with E-state index in [0.29, 0.717) is 12.2 Å². The van der Waals surface area contributed by atoms with Crippen molar-refractivity contribution in [2.45, 2.75) is 44.9 Å². The van der Waals surface area contributed by atoms with Crippen LogP contribution in [0.15, 0.2) is 40.3 Å². The number of aliphatic hydroxyl groups excluding tert-OH is 1. The number of thiophene rings is 1. The third-order valence-corrected chi connectivity index (χ3v) is 4.41. The number of furan rings is 1. The van der Waals surface area contributed by atoms with Crippen LogP contribution in [0.1, 0.15) is 49.5 Å². The fourth-order valence-corrected chi connectivity index (χ4v) is 3.14. The lowest BCUT2D eigenvalue weighted by Gasteiger charge is -2.20. The first kappa shape index (κ1) is 16.6. The molecule has 0 aliphatic heterocycles. The average Bonchev–Trinajstić information content (AvgIpc) is 3.17. The predicted octanol–water partition coefficient (Wildman–Crippen LogP) is 3.60. The van der Waals surface area contributed by atoms with Crippen molar-refractivity contribution in [3.63, 3.8) is 0 Å². The molecule has 3 atom stereocenters. The maximum absolute atomic E-state index is 12.1. The molecule has 0 aliphatic carbocycles. The van der Waals surface area contributed by atoms with E-state index in [1.54, 1.807) is 23.5 Å². The summed E-state index contributed by atoms with van der Waals surface area (Å²) in [6, 6.07) is 7.08. The molecule has 0 aliphatic rings. The van der Waals surface area contributed by atoms with E-state index in [-0.39, 0.29) is 18.1 Å². The monoisotopic (exact) mass is 322 g/mol. The molecule has 2 amide bonds. The number of hydrogen-bond acceptors (Lipinski definition) is 4. The Kier molecular flexibility index (Phi) is 6.03. The van der Waals surface area contributed by atoms with E-state index < -0.39 is 6.10 Å². The fourth-order valence-electron chi connectivity index (χ4n) is 2.28. The molecule has 0 radical (unpaired) electrons. The third-order valence-electron chi connectivity index (χ3n) is 3.43. The quantitative estimate of drug-likeness (QED) is 0.729. The molecule has 0 unspecified atom stereocenters. The Hall–Kier alpha value is -1.79. The number of urea groups is 1. The summed E-state index contributed by atoms with van der Waals surface area (Å²) in [5, 5.41) is 17.8. The molecule has 120 valence electrons. The van der Waals surface area contributed by atoms with Crippen molar-refractivity contribution in [2.75, 3.05) is 0 Å². The van der Waals surface area contributed by atoms with Gasteiger partial charge in [-0.3, -0.25) is 0 Å². The van der Waals surface area contributed by atoms with Crippen LogP contribution in [0.4, 0.5) is 4.79 Å². The summed E-state index contributed by atoms with van der Waals surface area (Å²) in [5.74, 6) is 0.513. The van der Waals surface area contributed by atoms with Gasteiger partial charge < -0.3 is 20.2 Å². The van der Waals surface area contributed by atoms with Gasteiger partial charge in [-0.15, -0.1) is 11.3 Å². The van der Waals surface area contributed by atoms with Gasteiger partial charge in [0.1, 0.15) is 11.9 Å². The number of amides is 2. The van der Waals surface area contributed by atoms with E-state index >= 15 is 0 Å². The maximum Gasteiger partial charge on any atom is 0.315 e. The minimum atomic E-state index is -0.718. The second-order valence-corrected chi connectivity index (χ2v) is 6.24. The third kappa shape index (κ3) is 4.61. The summed E-state index contributed by atoms with van der Waals surface area (Å²) in [5.41, 5.74) is 0. The first-order valence-electron chi connectivity index (χ1n) is 7.42. The highest BCUT2D eigenvalue weighted by molar-refractivity contribution is 7.10. The molecular formula is C16H22N2O3S. The van der Waals surface area contributed by atoms with Gasteiger partial charge in [-0.1, -0.05) is 13.0 Å². The van der Waals surface area contributed by atoms with Gasteiger partial charge >= 0.3 is 6.03 Å². The average molecular weight is 322 g/mol. The van der Waals surface area contributed by atoms with E-state index in [1.165, 1.54) is 6.26 Å². The summed E-state index contributed by atoms with van der Waals surface area (Å²) in [6.45, 7) is 3.90. The zero-order valence-corrected chi connectivity index (χ0v) is 13.6. The Bertz CT molecular complexity index is 554. The Labute approximate surface area is 134 Å². The van der Waals surface area contributed by atoms with E-state index in [4.69, 9.17) is 4.42 Å². The molecule has 5 nitrogen and oxygen atoms in total. The van der Waals surface area contributed by atoms with E-state index in [0.717, 1.165) is 11.3 Å². The van der Waals surface area contributed by atoms with Gasteiger partial charge in [0.25, 0.3) is 0 Å². The Morgan fingerprint density at radius 3 is 2.77 bits per heavy atom. The van der Waals surface area contributed by atoms with E-state index in [1.807, 2.05) is 31.4 Å². The van der Waals surface area contributed by atoms with Gasteiger partial charge in [0.05, 0.1) is 12.3 Å². The zero-order chi connectivity index (χ0) is 15.9. The molecule has 2 aromatic heterocycles.